The normalized spacial score (nSPS) is 12.2. The van der Waals surface area contributed by atoms with Gasteiger partial charge in [0.2, 0.25) is 11.8 Å². The van der Waals surface area contributed by atoms with Crippen molar-refractivity contribution in [2.75, 3.05) is 17.2 Å². The first-order valence-corrected chi connectivity index (χ1v) is 12.8. The molecule has 3 rings (SSSR count). The van der Waals surface area contributed by atoms with Crippen LogP contribution in [0.2, 0.25) is 0 Å². The summed E-state index contributed by atoms with van der Waals surface area (Å²) in [6.45, 7) is 4.53. The molecule has 2 aromatic rings. The van der Waals surface area contributed by atoms with Gasteiger partial charge < -0.3 is 26.2 Å². The van der Waals surface area contributed by atoms with E-state index in [0.717, 1.165) is 0 Å². The number of carbonyl (C=O) groups excluding carboxylic acids is 5. The molecule has 1 aliphatic rings. The number of rotatable bonds is 12. The fourth-order valence-corrected chi connectivity index (χ4v) is 3.31. The van der Waals surface area contributed by atoms with E-state index >= 15 is 0 Å². The Hall–Kier alpha value is -4.40. The molecule has 1 saturated heterocycles. The van der Waals surface area contributed by atoms with E-state index in [0.29, 0.717) is 76.2 Å². The lowest BCUT2D eigenvalue weighted by atomic mass is 10.1. The number of hydrogen-bond donors (Lipinski definition) is 4. The number of nitrogens with one attached hydrogen (secondary N) is 2. The molecule has 15 nitrogen and oxygen atoms in total. The van der Waals surface area contributed by atoms with Crippen LogP contribution in [-0.2, 0) is 46.6 Å². The maximum atomic E-state index is 11.5. The van der Waals surface area contributed by atoms with Crippen LogP contribution in [0.25, 0.3) is 0 Å². The Balaban J connectivity index is 0.000000336. The summed E-state index contributed by atoms with van der Waals surface area (Å²) < 4.78 is 7.49. The molecule has 3 heterocycles. The summed E-state index contributed by atoms with van der Waals surface area (Å²) in [5.74, 6) is -0.578. The zero-order valence-electron chi connectivity index (χ0n) is 22.8. The highest BCUT2D eigenvalue weighted by molar-refractivity contribution is 5.88. The number of anilines is 2. The Morgan fingerprint density at radius 2 is 1.38 bits per heavy atom. The lowest BCUT2D eigenvalue weighted by Crippen LogP contribution is -2.17. The molecule has 0 radical (unpaired) electrons. The van der Waals surface area contributed by atoms with Crippen LogP contribution in [-0.4, -0.2) is 66.7 Å². The van der Waals surface area contributed by atoms with Gasteiger partial charge in [-0.15, -0.1) is 0 Å². The highest BCUT2D eigenvalue weighted by Crippen LogP contribution is 2.09. The average molecular weight is 564 g/mol. The maximum absolute atomic E-state index is 11.5. The molecule has 0 bridgehead atoms. The highest BCUT2D eigenvalue weighted by atomic mass is 16.6. The van der Waals surface area contributed by atoms with Gasteiger partial charge in [-0.2, -0.15) is 10.2 Å². The smallest absolute Gasteiger partial charge is 0.313 e. The number of cyclic esters (lactones) is 2. The Morgan fingerprint density at radius 1 is 0.875 bits per heavy atom. The summed E-state index contributed by atoms with van der Waals surface area (Å²) in [4.78, 5) is 64.0. The molecule has 40 heavy (non-hydrogen) atoms. The first-order valence-electron chi connectivity index (χ1n) is 12.8. The second-order valence-corrected chi connectivity index (χ2v) is 8.62. The molecule has 0 atom stereocenters. The van der Waals surface area contributed by atoms with Gasteiger partial charge in [0.25, 0.3) is 0 Å². The van der Waals surface area contributed by atoms with Crippen LogP contribution < -0.4 is 16.4 Å². The molecule has 1 aliphatic heterocycles. The van der Waals surface area contributed by atoms with Gasteiger partial charge in [0.1, 0.15) is 17.4 Å². The lowest BCUT2D eigenvalue weighted by Gasteiger charge is -2.07. The van der Waals surface area contributed by atoms with Crippen molar-refractivity contribution in [1.29, 1.82) is 0 Å². The highest BCUT2D eigenvalue weighted by Gasteiger charge is 2.16. The molecule has 2 amide bonds. The molecule has 0 saturated carbocycles. The van der Waals surface area contributed by atoms with Crippen LogP contribution in [0.3, 0.4) is 0 Å². The second-order valence-electron chi connectivity index (χ2n) is 8.62. The minimum atomic E-state index is -0.880. The van der Waals surface area contributed by atoms with Gasteiger partial charge in [-0.25, -0.2) is 9.36 Å². The summed E-state index contributed by atoms with van der Waals surface area (Å²) in [7, 11) is 0. The monoisotopic (exact) mass is 563 g/mol. The van der Waals surface area contributed by atoms with Crippen LogP contribution in [0.5, 0.6) is 0 Å². The van der Waals surface area contributed by atoms with Crippen LogP contribution in [0.4, 0.5) is 11.6 Å². The minimum Gasteiger partial charge on any atom is -0.481 e. The first-order chi connectivity index (χ1) is 19.0. The van der Waals surface area contributed by atoms with Crippen LogP contribution in [0, 0.1) is 0 Å². The van der Waals surface area contributed by atoms with Crippen LogP contribution >= 0.6 is 0 Å². The molecule has 0 unspecified atom stereocenters. The third-order valence-electron chi connectivity index (χ3n) is 5.04. The van der Waals surface area contributed by atoms with E-state index in [1.807, 2.05) is 0 Å². The Labute approximate surface area is 231 Å². The summed E-state index contributed by atoms with van der Waals surface area (Å²) in [5, 5.41) is 21.8. The number of carboxylic acids is 1. The van der Waals surface area contributed by atoms with Crippen molar-refractivity contribution in [1.82, 2.24) is 19.6 Å². The summed E-state index contributed by atoms with van der Waals surface area (Å²) in [5.41, 5.74) is 5.35. The van der Waals surface area contributed by atoms with E-state index in [4.69, 9.17) is 10.8 Å². The predicted octanol–water partition coefficient (Wildman–Crippen LogP) is 1.49. The predicted molar refractivity (Wildman–Crippen MR) is 143 cm³/mol. The van der Waals surface area contributed by atoms with Crippen molar-refractivity contribution < 1.29 is 38.6 Å². The number of nitrogens with two attached hydrogens (primary N) is 1. The van der Waals surface area contributed by atoms with Crippen molar-refractivity contribution in [2.24, 2.45) is 5.73 Å². The number of aromatic nitrogens is 4. The summed E-state index contributed by atoms with van der Waals surface area (Å²) in [6, 6.07) is 3.42. The summed E-state index contributed by atoms with van der Waals surface area (Å²) >= 11 is 0. The molecule has 0 spiro atoms. The number of Topliss-reactive ketones (excluding diaryl/α,β-unsaturated/α-hetero) is 1. The number of ether oxygens (including phenoxy) is 1. The lowest BCUT2D eigenvalue weighted by molar-refractivity contribution is -0.163. The van der Waals surface area contributed by atoms with Gasteiger partial charge in [-0.3, -0.25) is 28.8 Å². The average Bonchev–Trinajstić information content (AvgIpc) is 3.48. The molecule has 5 N–H and O–H groups in total. The van der Waals surface area contributed by atoms with Gasteiger partial charge in [-0.1, -0.05) is 0 Å². The summed E-state index contributed by atoms with van der Waals surface area (Å²) in [6.07, 6.45) is 6.35. The van der Waals surface area contributed by atoms with E-state index in [-0.39, 0.29) is 36.0 Å². The fourth-order valence-electron chi connectivity index (χ4n) is 3.31. The third kappa shape index (κ3) is 15.1. The molecule has 0 aliphatic carbocycles. The molecular formula is C25H37N7O8. The van der Waals surface area contributed by atoms with Gasteiger partial charge in [0.15, 0.2) is 0 Å². The number of esters is 2. The molecular weight excluding hydrogens is 526 g/mol. The largest absolute Gasteiger partial charge is 0.481 e. The van der Waals surface area contributed by atoms with Crippen molar-refractivity contribution in [3.05, 3.63) is 24.5 Å². The maximum Gasteiger partial charge on any atom is 0.313 e. The molecule has 2 aromatic heterocycles. The van der Waals surface area contributed by atoms with E-state index in [1.165, 1.54) is 13.8 Å². The number of aliphatic carboxylic acids is 1. The van der Waals surface area contributed by atoms with Crippen molar-refractivity contribution >= 4 is 47.1 Å². The van der Waals surface area contributed by atoms with E-state index in [9.17, 15) is 28.8 Å². The van der Waals surface area contributed by atoms with Gasteiger partial charge in [0, 0.05) is 71.2 Å². The van der Waals surface area contributed by atoms with Gasteiger partial charge in [0.05, 0.1) is 18.9 Å². The molecule has 15 heteroatoms. The SMILES string of the molecule is CC(=O)Nc1ccnn1CCCC(=O)CCCC(=O)O.CC(=O)Nc1ccnn1CCN.O=C1CCCC(=O)O1. The third-order valence-corrected chi connectivity index (χ3v) is 5.04. The van der Waals surface area contributed by atoms with Crippen molar-refractivity contribution in [2.45, 2.75) is 78.3 Å². The van der Waals surface area contributed by atoms with Crippen molar-refractivity contribution in [3.63, 3.8) is 0 Å². The number of aryl methyl sites for hydroxylation is 1. The fraction of sp³-hybridized carbons (Fsp3) is 0.520. The quantitative estimate of drug-likeness (QED) is 0.214. The number of nitrogens with zero attached hydrogens (tertiary/aromatic N) is 4. The Morgan fingerprint density at radius 3 is 1.80 bits per heavy atom. The second kappa shape index (κ2) is 18.8. The number of ketones is 1. The standard InChI is InChI=1S/C13H19N3O4.C7H12N4O.C5H6O3/c1-10(17)15-12-7-8-14-16(12)9-3-5-11(18)4-2-6-13(19)20;1-6(12)10-7-2-4-9-11(7)5-3-8;6-4-2-1-3-5(7)8-4/h7-8H,2-6,9H2,1H3,(H,15,17)(H,19,20);2,4H,3,5,8H2,1H3,(H,10,12);1-3H2. The minimum absolute atomic E-state index is 0.0254. The zero-order chi connectivity index (χ0) is 29.9. The first kappa shape index (κ1) is 33.6. The Bertz CT molecular complexity index is 1130. The number of carboxylic acid groups (broad SMARTS) is 1. The van der Waals surface area contributed by atoms with Crippen molar-refractivity contribution in [3.8, 4) is 0 Å². The number of carbonyl (C=O) groups is 6. The van der Waals surface area contributed by atoms with E-state index in [2.05, 4.69) is 25.6 Å². The molecule has 220 valence electrons. The molecule has 0 aromatic carbocycles. The Kier molecular flexibility index (Phi) is 15.8. The van der Waals surface area contributed by atoms with Gasteiger partial charge >= 0.3 is 17.9 Å². The zero-order valence-corrected chi connectivity index (χ0v) is 22.8. The van der Waals surface area contributed by atoms with Crippen LogP contribution in [0.1, 0.15) is 65.2 Å². The van der Waals surface area contributed by atoms with Crippen LogP contribution in [0.15, 0.2) is 24.5 Å². The van der Waals surface area contributed by atoms with E-state index < -0.39 is 5.97 Å². The van der Waals surface area contributed by atoms with E-state index in [1.54, 1.807) is 33.9 Å². The number of amides is 2. The topological polar surface area (TPSA) is 218 Å². The molecule has 1 fully saturated rings. The van der Waals surface area contributed by atoms with Gasteiger partial charge in [-0.05, 0) is 19.3 Å². The number of hydrogen-bond acceptors (Lipinski definition) is 10.